The van der Waals surface area contributed by atoms with Crippen LogP contribution in [0.5, 0.6) is 0 Å². The number of hydrogen-bond donors (Lipinski definition) is 2. The molecule has 0 bridgehead atoms. The first-order valence-corrected chi connectivity index (χ1v) is 10.2. The van der Waals surface area contributed by atoms with Crippen LogP contribution in [0.4, 0.5) is 0 Å². The maximum Gasteiger partial charge on any atom is 0.336 e. The zero-order valence-electron chi connectivity index (χ0n) is 17.6. The van der Waals surface area contributed by atoms with Crippen LogP contribution in [0.25, 0.3) is 0 Å². The molecule has 0 saturated heterocycles. The summed E-state index contributed by atoms with van der Waals surface area (Å²) in [5, 5.41) is 5.98. The number of allylic oxidation sites excluding steroid dienone is 1. The molecular weight excluding hydrogens is 447 g/mol. The van der Waals surface area contributed by atoms with Gasteiger partial charge in [0.25, 0.3) is 0 Å². The molecule has 168 valence electrons. The fourth-order valence-electron chi connectivity index (χ4n) is 3.25. The summed E-state index contributed by atoms with van der Waals surface area (Å²) in [5.41, 5.74) is 1.59. The van der Waals surface area contributed by atoms with E-state index in [0.717, 1.165) is 0 Å². The molecule has 1 aliphatic heterocycles. The van der Waals surface area contributed by atoms with Crippen molar-refractivity contribution in [2.75, 3.05) is 20.3 Å². The molecule has 1 aromatic rings. The highest BCUT2D eigenvalue weighted by molar-refractivity contribution is 6.42. The molecule has 31 heavy (non-hydrogen) atoms. The van der Waals surface area contributed by atoms with Crippen LogP contribution in [0.15, 0.2) is 40.7 Å². The number of carbonyl (C=O) groups is 3. The molecule has 2 rings (SSSR count). The third kappa shape index (κ3) is 5.58. The molecule has 0 saturated carbocycles. The monoisotopic (exact) mass is 470 g/mol. The number of dihydropyridines is 1. The minimum atomic E-state index is -0.910. The van der Waals surface area contributed by atoms with Gasteiger partial charge in [0.15, 0.2) is 0 Å². The van der Waals surface area contributed by atoms with Gasteiger partial charge in [-0.1, -0.05) is 35.3 Å². The lowest BCUT2D eigenvalue weighted by molar-refractivity contribution is -0.139. The maximum atomic E-state index is 13.0. The van der Waals surface area contributed by atoms with Crippen LogP contribution in [0.2, 0.25) is 10.0 Å². The molecule has 1 aliphatic rings. The molecule has 2 N–H and O–H groups in total. The van der Waals surface area contributed by atoms with Crippen molar-refractivity contribution in [3.63, 3.8) is 0 Å². The molecule has 0 radical (unpaired) electrons. The van der Waals surface area contributed by atoms with Gasteiger partial charge in [0.1, 0.15) is 6.23 Å². The van der Waals surface area contributed by atoms with Crippen LogP contribution >= 0.6 is 23.2 Å². The zero-order valence-corrected chi connectivity index (χ0v) is 19.1. The standard InChI is InChI=1S/C21H24Cl2N2O6/c1-5-30-21(28)18-15(9-31-12(3)24-10-26)25-11(2)16(20(27)29-4)17(18)13-7-6-8-14(22)19(13)23/h6-8,10,12,17,25H,5,9H2,1-4H3,(H,24,26). The van der Waals surface area contributed by atoms with Gasteiger partial charge in [0.2, 0.25) is 6.41 Å². The van der Waals surface area contributed by atoms with Crippen LogP contribution in [-0.2, 0) is 28.6 Å². The number of benzene rings is 1. The lowest BCUT2D eigenvalue weighted by Crippen LogP contribution is -2.36. The highest BCUT2D eigenvalue weighted by atomic mass is 35.5. The molecule has 0 spiro atoms. The summed E-state index contributed by atoms with van der Waals surface area (Å²) in [5.74, 6) is -2.20. The Morgan fingerprint density at radius 3 is 2.58 bits per heavy atom. The van der Waals surface area contributed by atoms with Crippen LogP contribution in [0, 0.1) is 0 Å². The summed E-state index contributed by atoms with van der Waals surface area (Å²) in [7, 11) is 1.25. The van der Waals surface area contributed by atoms with Crippen molar-refractivity contribution in [1.29, 1.82) is 0 Å². The molecule has 1 aromatic carbocycles. The summed E-state index contributed by atoms with van der Waals surface area (Å²) in [4.78, 5) is 36.4. The van der Waals surface area contributed by atoms with Crippen molar-refractivity contribution in [2.45, 2.75) is 32.9 Å². The van der Waals surface area contributed by atoms with E-state index in [1.165, 1.54) is 7.11 Å². The molecule has 0 fully saturated rings. The van der Waals surface area contributed by atoms with Crippen molar-refractivity contribution < 1.29 is 28.6 Å². The van der Waals surface area contributed by atoms with Gasteiger partial charge in [-0.05, 0) is 32.4 Å². The van der Waals surface area contributed by atoms with E-state index in [1.54, 1.807) is 39.0 Å². The number of nitrogens with one attached hydrogen (secondary N) is 2. The van der Waals surface area contributed by atoms with Crippen molar-refractivity contribution in [3.05, 3.63) is 56.3 Å². The Kier molecular flexibility index (Phi) is 8.91. The van der Waals surface area contributed by atoms with Gasteiger partial charge < -0.3 is 24.8 Å². The summed E-state index contributed by atoms with van der Waals surface area (Å²) in [6.45, 7) is 5.02. The minimum absolute atomic E-state index is 0.0728. The maximum absolute atomic E-state index is 13.0. The predicted octanol–water partition coefficient (Wildman–Crippen LogP) is 3.05. The number of amides is 1. The Balaban J connectivity index is 2.70. The second kappa shape index (κ2) is 11.2. The van der Waals surface area contributed by atoms with Gasteiger partial charge in [0.05, 0.1) is 53.1 Å². The van der Waals surface area contributed by atoms with Gasteiger partial charge >= 0.3 is 11.9 Å². The molecular formula is C21H24Cl2N2O6. The van der Waals surface area contributed by atoms with Gasteiger partial charge in [-0.3, -0.25) is 4.79 Å². The van der Waals surface area contributed by atoms with Gasteiger partial charge in [-0.15, -0.1) is 0 Å². The Labute approximate surface area is 190 Å². The number of esters is 2. The molecule has 8 nitrogen and oxygen atoms in total. The number of halogens is 2. The normalized spacial score (nSPS) is 17.0. The van der Waals surface area contributed by atoms with Gasteiger partial charge in [-0.25, -0.2) is 9.59 Å². The topological polar surface area (TPSA) is 103 Å². The number of hydrogen-bond acceptors (Lipinski definition) is 7. The highest BCUT2D eigenvalue weighted by Gasteiger charge is 2.40. The minimum Gasteiger partial charge on any atom is -0.466 e. The smallest absolute Gasteiger partial charge is 0.336 e. The van der Waals surface area contributed by atoms with E-state index < -0.39 is 24.1 Å². The zero-order chi connectivity index (χ0) is 23.1. The third-order valence-corrected chi connectivity index (χ3v) is 5.45. The van der Waals surface area contributed by atoms with Crippen molar-refractivity contribution in [1.82, 2.24) is 10.6 Å². The van der Waals surface area contributed by atoms with Crippen LogP contribution < -0.4 is 10.6 Å². The summed E-state index contributed by atoms with van der Waals surface area (Å²) in [6.07, 6.45) is -0.107. The van der Waals surface area contributed by atoms with E-state index in [0.29, 0.717) is 23.4 Å². The lowest BCUT2D eigenvalue weighted by atomic mass is 9.80. The van der Waals surface area contributed by atoms with Crippen LogP contribution in [0.3, 0.4) is 0 Å². The summed E-state index contributed by atoms with van der Waals surface area (Å²) >= 11 is 12.7. The average Bonchev–Trinajstić information content (AvgIpc) is 2.73. The third-order valence-electron chi connectivity index (χ3n) is 4.62. The molecule has 1 heterocycles. The Hall–Kier alpha value is -2.55. The fourth-order valence-corrected chi connectivity index (χ4v) is 3.66. The lowest BCUT2D eigenvalue weighted by Gasteiger charge is -2.32. The van der Waals surface area contributed by atoms with Gasteiger partial charge in [-0.2, -0.15) is 0 Å². The molecule has 2 atom stereocenters. The van der Waals surface area contributed by atoms with E-state index in [4.69, 9.17) is 37.4 Å². The molecule has 0 aromatic heterocycles. The molecule has 10 heteroatoms. The first kappa shape index (κ1) is 24.7. The predicted molar refractivity (Wildman–Crippen MR) is 115 cm³/mol. The Bertz CT molecular complexity index is 928. The summed E-state index contributed by atoms with van der Waals surface area (Å²) in [6, 6.07) is 4.95. The van der Waals surface area contributed by atoms with E-state index in [9.17, 15) is 14.4 Å². The van der Waals surface area contributed by atoms with Crippen molar-refractivity contribution >= 4 is 41.6 Å². The molecule has 1 amide bonds. The second-order valence-electron chi connectivity index (χ2n) is 6.58. The first-order chi connectivity index (χ1) is 14.8. The van der Waals surface area contributed by atoms with Crippen molar-refractivity contribution in [3.8, 4) is 0 Å². The molecule has 0 aliphatic carbocycles. The number of carbonyl (C=O) groups excluding carboxylic acids is 3. The van der Waals surface area contributed by atoms with E-state index in [-0.39, 0.29) is 34.4 Å². The van der Waals surface area contributed by atoms with E-state index >= 15 is 0 Å². The fraction of sp³-hybridized carbons (Fsp3) is 0.381. The van der Waals surface area contributed by atoms with Gasteiger partial charge in [0, 0.05) is 5.70 Å². The largest absolute Gasteiger partial charge is 0.466 e. The average molecular weight is 471 g/mol. The quantitative estimate of drug-likeness (QED) is 0.324. The van der Waals surface area contributed by atoms with Crippen molar-refractivity contribution in [2.24, 2.45) is 0 Å². The highest BCUT2D eigenvalue weighted by Crippen LogP contribution is 2.43. The van der Waals surface area contributed by atoms with Crippen LogP contribution in [-0.4, -0.2) is 44.9 Å². The SMILES string of the molecule is CCOC(=O)C1=C(COC(C)NC=O)NC(C)=C(C(=O)OC)C1c1cccc(Cl)c1Cl. The summed E-state index contributed by atoms with van der Waals surface area (Å²) < 4.78 is 15.9. The number of ether oxygens (including phenoxy) is 3. The molecule has 2 unspecified atom stereocenters. The van der Waals surface area contributed by atoms with E-state index in [2.05, 4.69) is 10.6 Å². The Morgan fingerprint density at radius 2 is 1.97 bits per heavy atom. The Morgan fingerprint density at radius 1 is 1.26 bits per heavy atom. The van der Waals surface area contributed by atoms with E-state index in [1.807, 2.05) is 0 Å². The first-order valence-electron chi connectivity index (χ1n) is 9.48. The second-order valence-corrected chi connectivity index (χ2v) is 7.37. The number of methoxy groups -OCH3 is 1. The number of rotatable bonds is 9. The van der Waals surface area contributed by atoms with Crippen LogP contribution in [0.1, 0.15) is 32.3 Å².